The standard InChI is InChI=1S/C24H16Cl3F2N5O/c1-9(2)20-22(10(3)4-5-32-20)34-23-11(6-12(8-30)24(34)35)7-13(25)21(33-23)14-17(28)15(26)18(29)16(27)19(14)31/h4-7,9H,31H2,1-3H3. The highest BCUT2D eigenvalue weighted by Gasteiger charge is 2.26. The van der Waals surface area contributed by atoms with Crippen molar-refractivity contribution in [2.75, 3.05) is 5.73 Å². The zero-order valence-corrected chi connectivity index (χ0v) is 20.8. The van der Waals surface area contributed by atoms with E-state index in [0.717, 1.165) is 0 Å². The molecule has 0 fully saturated rings. The molecule has 0 unspecified atom stereocenters. The predicted molar refractivity (Wildman–Crippen MR) is 133 cm³/mol. The Kier molecular flexibility index (Phi) is 6.45. The van der Waals surface area contributed by atoms with Gasteiger partial charge < -0.3 is 5.73 Å². The molecule has 0 amide bonds. The number of nitrogens with two attached hydrogens (primary N) is 1. The number of anilines is 1. The van der Waals surface area contributed by atoms with Crippen molar-refractivity contribution in [2.45, 2.75) is 26.7 Å². The second kappa shape index (κ2) is 9.08. The lowest BCUT2D eigenvalue weighted by atomic mass is 10.0. The van der Waals surface area contributed by atoms with Crippen LogP contribution in [0, 0.1) is 29.9 Å². The van der Waals surface area contributed by atoms with Crippen molar-refractivity contribution in [3.8, 4) is 23.0 Å². The number of benzene rings is 1. The second-order valence-corrected chi connectivity index (χ2v) is 9.27. The Morgan fingerprint density at radius 3 is 2.46 bits per heavy atom. The minimum Gasteiger partial charge on any atom is -0.397 e. The van der Waals surface area contributed by atoms with Crippen LogP contribution < -0.4 is 11.3 Å². The van der Waals surface area contributed by atoms with E-state index in [2.05, 4.69) is 9.97 Å². The van der Waals surface area contributed by atoms with Crippen molar-refractivity contribution in [2.24, 2.45) is 0 Å². The molecule has 0 saturated heterocycles. The number of nitriles is 1. The van der Waals surface area contributed by atoms with Crippen LogP contribution in [-0.2, 0) is 0 Å². The van der Waals surface area contributed by atoms with Gasteiger partial charge in [0.05, 0.1) is 33.3 Å². The molecule has 0 spiro atoms. The van der Waals surface area contributed by atoms with Gasteiger partial charge in [0, 0.05) is 11.6 Å². The predicted octanol–water partition coefficient (Wildman–Crippen LogP) is 6.57. The van der Waals surface area contributed by atoms with Crippen molar-refractivity contribution < 1.29 is 8.78 Å². The zero-order chi connectivity index (χ0) is 25.8. The molecular weight excluding hydrogens is 519 g/mol. The average molecular weight is 535 g/mol. The second-order valence-electron chi connectivity index (χ2n) is 8.10. The van der Waals surface area contributed by atoms with Gasteiger partial charge in [-0.15, -0.1) is 0 Å². The molecule has 0 atom stereocenters. The summed E-state index contributed by atoms with van der Waals surface area (Å²) in [5.74, 6) is -2.51. The van der Waals surface area contributed by atoms with Gasteiger partial charge in [0.1, 0.15) is 27.3 Å². The molecule has 1 aromatic carbocycles. The number of nitrogens with zero attached hydrogens (tertiary/aromatic N) is 4. The van der Waals surface area contributed by atoms with Crippen LogP contribution in [-0.4, -0.2) is 14.5 Å². The molecule has 4 rings (SSSR count). The summed E-state index contributed by atoms with van der Waals surface area (Å²) in [7, 11) is 0. The molecule has 3 heterocycles. The molecule has 0 aliphatic heterocycles. The summed E-state index contributed by atoms with van der Waals surface area (Å²) in [4.78, 5) is 22.3. The van der Waals surface area contributed by atoms with Crippen LogP contribution in [0.1, 0.15) is 36.6 Å². The summed E-state index contributed by atoms with van der Waals surface area (Å²) in [6, 6.07) is 6.34. The van der Waals surface area contributed by atoms with Gasteiger partial charge in [-0.3, -0.25) is 14.3 Å². The van der Waals surface area contributed by atoms with Crippen LogP contribution >= 0.6 is 34.8 Å². The normalized spacial score (nSPS) is 11.3. The van der Waals surface area contributed by atoms with Crippen LogP contribution in [0.25, 0.3) is 28.0 Å². The quantitative estimate of drug-likeness (QED) is 0.182. The number of fused-ring (bicyclic) bond motifs is 1. The van der Waals surface area contributed by atoms with Gasteiger partial charge in [0.25, 0.3) is 5.56 Å². The fourth-order valence-corrected chi connectivity index (χ4v) is 4.52. The maximum Gasteiger partial charge on any atom is 0.274 e. The Morgan fingerprint density at radius 2 is 1.83 bits per heavy atom. The van der Waals surface area contributed by atoms with Crippen molar-refractivity contribution in [1.82, 2.24) is 14.5 Å². The molecule has 0 aliphatic rings. The van der Waals surface area contributed by atoms with E-state index in [4.69, 9.17) is 40.5 Å². The van der Waals surface area contributed by atoms with Gasteiger partial charge in [0.2, 0.25) is 0 Å². The van der Waals surface area contributed by atoms with Crippen molar-refractivity contribution in [3.05, 3.63) is 78.3 Å². The van der Waals surface area contributed by atoms with Gasteiger partial charge in [-0.1, -0.05) is 48.7 Å². The summed E-state index contributed by atoms with van der Waals surface area (Å²) in [5, 5.41) is 8.37. The first kappa shape index (κ1) is 24.9. The third-order valence-corrected chi connectivity index (χ3v) is 6.50. The lowest BCUT2D eigenvalue weighted by Crippen LogP contribution is -2.25. The highest BCUT2D eigenvalue weighted by atomic mass is 35.5. The molecule has 0 radical (unpaired) electrons. The fourth-order valence-electron chi connectivity index (χ4n) is 3.84. The van der Waals surface area contributed by atoms with Gasteiger partial charge >= 0.3 is 0 Å². The number of aromatic nitrogens is 3. The Bertz CT molecular complexity index is 1610. The Morgan fingerprint density at radius 1 is 1.14 bits per heavy atom. The van der Waals surface area contributed by atoms with E-state index in [1.54, 1.807) is 19.2 Å². The molecule has 6 nitrogen and oxygen atoms in total. The van der Waals surface area contributed by atoms with Gasteiger partial charge in [-0.25, -0.2) is 13.8 Å². The topological polar surface area (TPSA) is 97.6 Å². The molecular formula is C24H16Cl3F2N5O. The van der Waals surface area contributed by atoms with E-state index in [1.807, 2.05) is 19.9 Å². The summed E-state index contributed by atoms with van der Waals surface area (Å²) in [6.07, 6.45) is 1.61. The number of aryl methyl sites for hydroxylation is 1. The molecule has 35 heavy (non-hydrogen) atoms. The number of pyridine rings is 3. The minimum atomic E-state index is -1.22. The lowest BCUT2D eigenvalue weighted by molar-refractivity contribution is 0.587. The third kappa shape index (κ3) is 3.90. The number of halogens is 5. The van der Waals surface area contributed by atoms with E-state index < -0.39 is 38.5 Å². The van der Waals surface area contributed by atoms with E-state index in [0.29, 0.717) is 22.3 Å². The summed E-state index contributed by atoms with van der Waals surface area (Å²) >= 11 is 18.1. The van der Waals surface area contributed by atoms with Crippen LogP contribution in [0.3, 0.4) is 0 Å². The van der Waals surface area contributed by atoms with E-state index in [-0.39, 0.29) is 27.8 Å². The van der Waals surface area contributed by atoms with Crippen LogP contribution in [0.2, 0.25) is 15.1 Å². The molecule has 0 saturated carbocycles. The third-order valence-electron chi connectivity index (χ3n) is 5.51. The van der Waals surface area contributed by atoms with Gasteiger partial charge in [-0.05, 0) is 36.6 Å². The van der Waals surface area contributed by atoms with Gasteiger partial charge in [0.15, 0.2) is 11.6 Å². The zero-order valence-electron chi connectivity index (χ0n) is 18.6. The maximum atomic E-state index is 15.1. The van der Waals surface area contributed by atoms with E-state index in [1.165, 1.54) is 16.7 Å². The lowest BCUT2D eigenvalue weighted by Gasteiger charge is -2.19. The number of hydrogen-bond donors (Lipinski definition) is 1. The molecule has 11 heteroatoms. The molecule has 178 valence electrons. The summed E-state index contributed by atoms with van der Waals surface area (Å²) < 4.78 is 30.5. The van der Waals surface area contributed by atoms with Crippen molar-refractivity contribution in [1.29, 1.82) is 5.26 Å². The molecule has 4 aromatic rings. The van der Waals surface area contributed by atoms with Crippen LogP contribution in [0.15, 0.2) is 29.2 Å². The molecule has 3 aromatic heterocycles. The highest BCUT2D eigenvalue weighted by Crippen LogP contribution is 2.43. The monoisotopic (exact) mass is 533 g/mol. The Labute approximate surface area is 213 Å². The number of rotatable bonds is 3. The molecule has 2 N–H and O–H groups in total. The van der Waals surface area contributed by atoms with Crippen LogP contribution in [0.4, 0.5) is 14.5 Å². The summed E-state index contributed by atoms with van der Waals surface area (Å²) in [6.45, 7) is 5.59. The van der Waals surface area contributed by atoms with Gasteiger partial charge in [-0.2, -0.15) is 5.26 Å². The van der Waals surface area contributed by atoms with Crippen molar-refractivity contribution >= 4 is 51.5 Å². The first-order chi connectivity index (χ1) is 16.5. The van der Waals surface area contributed by atoms with Crippen LogP contribution in [0.5, 0.6) is 0 Å². The first-order valence-corrected chi connectivity index (χ1v) is 11.4. The number of nitrogen functional groups attached to an aromatic ring is 1. The molecule has 0 bridgehead atoms. The van der Waals surface area contributed by atoms with E-state index in [9.17, 15) is 14.4 Å². The Balaban J connectivity index is 2.23. The highest BCUT2D eigenvalue weighted by molar-refractivity contribution is 6.38. The molecule has 0 aliphatic carbocycles. The minimum absolute atomic E-state index is 0.0572. The number of hydrogen-bond acceptors (Lipinski definition) is 5. The Hall–Kier alpha value is -3.25. The average Bonchev–Trinajstić information content (AvgIpc) is 2.82. The summed E-state index contributed by atoms with van der Waals surface area (Å²) in [5.41, 5.74) is 5.81. The maximum absolute atomic E-state index is 15.1. The van der Waals surface area contributed by atoms with Crippen molar-refractivity contribution in [3.63, 3.8) is 0 Å². The fraction of sp³-hybridized carbons (Fsp3) is 0.167. The smallest absolute Gasteiger partial charge is 0.274 e. The largest absolute Gasteiger partial charge is 0.397 e. The first-order valence-electron chi connectivity index (χ1n) is 10.2. The SMILES string of the molecule is Cc1ccnc(C(C)C)c1-n1c(=O)c(C#N)cc2cc(Cl)c(-c3c(N)c(Cl)c(F)c(Cl)c3F)nc21. The van der Waals surface area contributed by atoms with E-state index >= 15 is 4.39 Å².